The third-order valence-corrected chi connectivity index (χ3v) is 2.97. The monoisotopic (exact) mass is 274 g/mol. The van der Waals surface area contributed by atoms with Crippen LogP contribution in [-0.4, -0.2) is 5.11 Å². The van der Waals surface area contributed by atoms with Gasteiger partial charge in [0.1, 0.15) is 5.82 Å². The SMILES string of the molecule is C[C@@H](NC(=S)Nc1ccc(F)cc1)c1ccccc1. The van der Waals surface area contributed by atoms with E-state index < -0.39 is 0 Å². The van der Waals surface area contributed by atoms with Crippen LogP contribution in [0.3, 0.4) is 0 Å². The van der Waals surface area contributed by atoms with Crippen molar-refractivity contribution in [2.24, 2.45) is 0 Å². The molecule has 2 aromatic carbocycles. The molecule has 19 heavy (non-hydrogen) atoms. The molecule has 0 bridgehead atoms. The standard InChI is InChI=1S/C15H15FN2S/c1-11(12-5-3-2-4-6-12)17-15(19)18-14-9-7-13(16)8-10-14/h2-11H,1H3,(H2,17,18,19)/t11-/m1/s1. The van der Waals surface area contributed by atoms with Gasteiger partial charge in [0, 0.05) is 5.69 Å². The molecule has 2 rings (SSSR count). The molecular weight excluding hydrogens is 259 g/mol. The van der Waals surface area contributed by atoms with Crippen molar-refractivity contribution < 1.29 is 4.39 Å². The minimum atomic E-state index is -0.262. The van der Waals surface area contributed by atoms with Crippen LogP contribution in [0.5, 0.6) is 0 Å². The van der Waals surface area contributed by atoms with Gasteiger partial charge >= 0.3 is 0 Å². The fourth-order valence-corrected chi connectivity index (χ4v) is 2.02. The Hall–Kier alpha value is -1.94. The summed E-state index contributed by atoms with van der Waals surface area (Å²) < 4.78 is 12.8. The van der Waals surface area contributed by atoms with Gasteiger partial charge in [0.25, 0.3) is 0 Å². The normalized spacial score (nSPS) is 11.7. The Bertz CT molecular complexity index is 540. The minimum Gasteiger partial charge on any atom is -0.356 e. The molecule has 98 valence electrons. The number of anilines is 1. The summed E-state index contributed by atoms with van der Waals surface area (Å²) in [5, 5.41) is 6.73. The number of benzene rings is 2. The predicted octanol–water partition coefficient (Wildman–Crippen LogP) is 3.87. The molecule has 0 saturated heterocycles. The summed E-state index contributed by atoms with van der Waals surface area (Å²) in [6.07, 6.45) is 0. The van der Waals surface area contributed by atoms with Crippen molar-refractivity contribution in [1.82, 2.24) is 5.32 Å². The average molecular weight is 274 g/mol. The molecule has 2 N–H and O–H groups in total. The Kier molecular flexibility index (Phi) is 4.47. The topological polar surface area (TPSA) is 24.1 Å². The lowest BCUT2D eigenvalue weighted by Gasteiger charge is -2.17. The Morgan fingerprint density at radius 2 is 1.68 bits per heavy atom. The van der Waals surface area contributed by atoms with Gasteiger partial charge in [-0.05, 0) is 49.0 Å². The van der Waals surface area contributed by atoms with Crippen molar-refractivity contribution in [1.29, 1.82) is 0 Å². The number of hydrogen-bond acceptors (Lipinski definition) is 1. The molecule has 0 aromatic heterocycles. The van der Waals surface area contributed by atoms with Crippen LogP contribution in [-0.2, 0) is 0 Å². The molecule has 0 radical (unpaired) electrons. The van der Waals surface area contributed by atoms with Crippen molar-refractivity contribution in [3.05, 3.63) is 66.0 Å². The molecule has 4 heteroatoms. The maximum Gasteiger partial charge on any atom is 0.171 e. The van der Waals surface area contributed by atoms with E-state index in [1.54, 1.807) is 12.1 Å². The molecule has 1 atom stereocenters. The first-order valence-corrected chi connectivity index (χ1v) is 6.44. The highest BCUT2D eigenvalue weighted by atomic mass is 32.1. The van der Waals surface area contributed by atoms with Gasteiger partial charge in [0.15, 0.2) is 5.11 Å². The Morgan fingerprint density at radius 1 is 1.05 bits per heavy atom. The van der Waals surface area contributed by atoms with E-state index in [1.807, 2.05) is 37.3 Å². The second kappa shape index (κ2) is 6.29. The van der Waals surface area contributed by atoms with Crippen molar-refractivity contribution in [2.75, 3.05) is 5.32 Å². The van der Waals surface area contributed by atoms with Gasteiger partial charge in [-0.2, -0.15) is 0 Å². The largest absolute Gasteiger partial charge is 0.356 e. The van der Waals surface area contributed by atoms with E-state index >= 15 is 0 Å². The van der Waals surface area contributed by atoms with E-state index in [4.69, 9.17) is 12.2 Å². The number of hydrogen-bond donors (Lipinski definition) is 2. The highest BCUT2D eigenvalue weighted by Crippen LogP contribution is 2.12. The summed E-state index contributed by atoms with van der Waals surface area (Å²) in [5.41, 5.74) is 1.92. The van der Waals surface area contributed by atoms with Crippen LogP contribution in [0.2, 0.25) is 0 Å². The van der Waals surface area contributed by atoms with Crippen LogP contribution >= 0.6 is 12.2 Å². The summed E-state index contributed by atoms with van der Waals surface area (Å²) in [6.45, 7) is 2.04. The molecule has 0 heterocycles. The molecular formula is C15H15FN2S. The van der Waals surface area contributed by atoms with Gasteiger partial charge in [-0.15, -0.1) is 0 Å². The van der Waals surface area contributed by atoms with Gasteiger partial charge in [0.2, 0.25) is 0 Å². The van der Waals surface area contributed by atoms with Crippen molar-refractivity contribution in [3.8, 4) is 0 Å². The van der Waals surface area contributed by atoms with E-state index in [0.717, 1.165) is 11.3 Å². The lowest BCUT2D eigenvalue weighted by atomic mass is 10.1. The first-order valence-electron chi connectivity index (χ1n) is 6.03. The van der Waals surface area contributed by atoms with Crippen LogP contribution in [0.1, 0.15) is 18.5 Å². The average Bonchev–Trinajstić information content (AvgIpc) is 2.42. The molecule has 2 aromatic rings. The summed E-state index contributed by atoms with van der Waals surface area (Å²) in [6, 6.07) is 16.2. The Labute approximate surface area is 117 Å². The van der Waals surface area contributed by atoms with Gasteiger partial charge in [-0.1, -0.05) is 30.3 Å². The van der Waals surface area contributed by atoms with Crippen molar-refractivity contribution in [3.63, 3.8) is 0 Å². The lowest BCUT2D eigenvalue weighted by Crippen LogP contribution is -2.30. The quantitative estimate of drug-likeness (QED) is 0.831. The van der Waals surface area contributed by atoms with Crippen molar-refractivity contribution >= 4 is 23.0 Å². The summed E-state index contributed by atoms with van der Waals surface area (Å²) in [5.74, 6) is -0.262. The molecule has 0 unspecified atom stereocenters. The van der Waals surface area contributed by atoms with Gasteiger partial charge in [0.05, 0.1) is 6.04 Å². The highest BCUT2D eigenvalue weighted by molar-refractivity contribution is 7.80. The van der Waals surface area contributed by atoms with E-state index in [-0.39, 0.29) is 11.9 Å². The molecule has 0 amide bonds. The molecule has 0 aliphatic carbocycles. The summed E-state index contributed by atoms with van der Waals surface area (Å²) in [4.78, 5) is 0. The molecule has 0 saturated carbocycles. The summed E-state index contributed by atoms with van der Waals surface area (Å²) >= 11 is 5.23. The first kappa shape index (κ1) is 13.5. The predicted molar refractivity (Wildman–Crippen MR) is 80.6 cm³/mol. The zero-order valence-electron chi connectivity index (χ0n) is 10.6. The second-order valence-electron chi connectivity index (χ2n) is 4.24. The zero-order chi connectivity index (χ0) is 13.7. The van der Waals surface area contributed by atoms with Crippen molar-refractivity contribution in [2.45, 2.75) is 13.0 Å². The molecule has 0 aliphatic heterocycles. The third kappa shape index (κ3) is 4.03. The number of nitrogens with one attached hydrogen (secondary N) is 2. The van der Waals surface area contributed by atoms with Crippen LogP contribution in [0.25, 0.3) is 0 Å². The molecule has 0 spiro atoms. The summed E-state index contributed by atoms with van der Waals surface area (Å²) in [7, 11) is 0. The molecule has 2 nitrogen and oxygen atoms in total. The minimum absolute atomic E-state index is 0.113. The number of rotatable bonds is 3. The first-order chi connectivity index (χ1) is 9.15. The fraction of sp³-hybridized carbons (Fsp3) is 0.133. The number of halogens is 1. The van der Waals surface area contributed by atoms with Crippen LogP contribution in [0.15, 0.2) is 54.6 Å². The highest BCUT2D eigenvalue weighted by Gasteiger charge is 2.06. The van der Waals surface area contributed by atoms with Gasteiger partial charge in [-0.3, -0.25) is 0 Å². The zero-order valence-corrected chi connectivity index (χ0v) is 11.4. The molecule has 0 fully saturated rings. The van der Waals surface area contributed by atoms with E-state index in [1.165, 1.54) is 12.1 Å². The van der Waals surface area contributed by atoms with Crippen LogP contribution < -0.4 is 10.6 Å². The van der Waals surface area contributed by atoms with E-state index in [2.05, 4.69) is 10.6 Å². The fourth-order valence-electron chi connectivity index (χ4n) is 1.72. The maximum atomic E-state index is 12.8. The lowest BCUT2D eigenvalue weighted by molar-refractivity contribution is 0.628. The second-order valence-corrected chi connectivity index (χ2v) is 4.65. The number of thiocarbonyl (C=S) groups is 1. The van der Waals surface area contributed by atoms with Gasteiger partial charge < -0.3 is 10.6 Å². The van der Waals surface area contributed by atoms with Crippen LogP contribution in [0, 0.1) is 5.82 Å². The Morgan fingerprint density at radius 3 is 2.32 bits per heavy atom. The van der Waals surface area contributed by atoms with Gasteiger partial charge in [-0.25, -0.2) is 4.39 Å². The molecule has 0 aliphatic rings. The van der Waals surface area contributed by atoms with E-state index in [0.29, 0.717) is 5.11 Å². The Balaban J connectivity index is 1.93. The maximum absolute atomic E-state index is 12.8. The van der Waals surface area contributed by atoms with E-state index in [9.17, 15) is 4.39 Å². The smallest absolute Gasteiger partial charge is 0.171 e. The third-order valence-electron chi connectivity index (χ3n) is 2.75. The van der Waals surface area contributed by atoms with Crippen LogP contribution in [0.4, 0.5) is 10.1 Å².